The number of hydrogen-bond acceptors (Lipinski definition) is 3. The van der Waals surface area contributed by atoms with Gasteiger partial charge in [-0.15, -0.1) is 0 Å². The van der Waals surface area contributed by atoms with Crippen LogP contribution in [0, 0.1) is 0 Å². The summed E-state index contributed by atoms with van der Waals surface area (Å²) in [6.07, 6.45) is 20.7. The molecule has 41 heavy (non-hydrogen) atoms. The number of pyridine rings is 1. The number of nitrogens with zero attached hydrogens (tertiary/aromatic N) is 2. The van der Waals surface area contributed by atoms with E-state index in [1.165, 1.54) is 103 Å². The number of rotatable bonds is 22. The van der Waals surface area contributed by atoms with Gasteiger partial charge < -0.3 is 10.0 Å². The number of benzene rings is 2. The Hall–Kier alpha value is -1.94. The maximum Gasteiger partial charge on any atom is 0.0924 e. The third-order valence-corrected chi connectivity index (χ3v) is 8.59. The van der Waals surface area contributed by atoms with Gasteiger partial charge in [-0.1, -0.05) is 146 Å². The molecule has 0 saturated carbocycles. The highest BCUT2D eigenvalue weighted by Crippen LogP contribution is 2.30. The molecule has 4 heteroatoms. The van der Waals surface area contributed by atoms with E-state index in [0.29, 0.717) is 11.6 Å². The molecule has 1 atom stereocenters. The summed E-state index contributed by atoms with van der Waals surface area (Å²) in [7, 11) is 0. The topological polar surface area (TPSA) is 36.4 Å². The lowest BCUT2D eigenvalue weighted by Gasteiger charge is -2.26. The Morgan fingerprint density at radius 1 is 0.683 bits per heavy atom. The van der Waals surface area contributed by atoms with Gasteiger partial charge in [0.25, 0.3) is 0 Å². The summed E-state index contributed by atoms with van der Waals surface area (Å²) in [4.78, 5) is 7.45. The average molecular weight is 579 g/mol. The van der Waals surface area contributed by atoms with E-state index in [-0.39, 0.29) is 0 Å². The SMILES string of the molecule is CCCCCCCCCCN(CCCCCCCCCC)C[C@@H](O)c1cc(-c2ccc(Cl)cc2)nc2ccccc12. The van der Waals surface area contributed by atoms with Crippen molar-refractivity contribution in [3.05, 3.63) is 65.2 Å². The van der Waals surface area contributed by atoms with Crippen molar-refractivity contribution in [1.29, 1.82) is 0 Å². The van der Waals surface area contributed by atoms with Crippen molar-refractivity contribution in [2.45, 2.75) is 123 Å². The number of hydrogen-bond donors (Lipinski definition) is 1. The summed E-state index contributed by atoms with van der Waals surface area (Å²) >= 11 is 6.15. The van der Waals surface area contributed by atoms with Crippen molar-refractivity contribution in [1.82, 2.24) is 9.88 Å². The Labute approximate surface area is 255 Å². The summed E-state index contributed by atoms with van der Waals surface area (Å²) in [5, 5.41) is 13.4. The molecule has 0 saturated heterocycles. The van der Waals surface area contributed by atoms with Crippen LogP contribution in [0.5, 0.6) is 0 Å². The summed E-state index contributed by atoms with van der Waals surface area (Å²) in [6, 6.07) is 18.1. The highest BCUT2D eigenvalue weighted by Gasteiger charge is 2.18. The van der Waals surface area contributed by atoms with E-state index in [4.69, 9.17) is 16.6 Å². The minimum atomic E-state index is -0.558. The molecule has 1 heterocycles. The third-order valence-electron chi connectivity index (χ3n) is 8.33. The van der Waals surface area contributed by atoms with Crippen LogP contribution in [-0.2, 0) is 0 Å². The zero-order chi connectivity index (χ0) is 29.1. The first kappa shape index (κ1) is 33.6. The van der Waals surface area contributed by atoms with Gasteiger partial charge in [0.05, 0.1) is 17.3 Å². The van der Waals surface area contributed by atoms with Crippen molar-refractivity contribution >= 4 is 22.5 Å². The van der Waals surface area contributed by atoms with E-state index in [2.05, 4.69) is 30.9 Å². The maximum absolute atomic E-state index is 11.7. The van der Waals surface area contributed by atoms with E-state index in [1.54, 1.807) is 0 Å². The van der Waals surface area contributed by atoms with Gasteiger partial charge in [0.1, 0.15) is 0 Å². The Kier molecular flexibility index (Phi) is 16.4. The second kappa shape index (κ2) is 20.1. The minimum absolute atomic E-state index is 0.558. The number of halogens is 1. The van der Waals surface area contributed by atoms with Gasteiger partial charge in [0.15, 0.2) is 0 Å². The summed E-state index contributed by atoms with van der Waals surface area (Å²) < 4.78 is 0. The standard InChI is InChI=1S/C37H55ClN2O/c1-3-5-7-9-11-13-15-19-27-40(28-20-16-14-12-10-8-6-4-2)30-37(41)34-29-36(31-23-25-32(38)26-24-31)39-35-22-18-17-21-33(34)35/h17-18,21-26,29,37,41H,3-16,19-20,27-28,30H2,1-2H3/t37-/m1/s1. The second-order valence-corrected chi connectivity index (χ2v) is 12.3. The predicted molar refractivity (Wildman–Crippen MR) is 179 cm³/mol. The summed E-state index contributed by atoms with van der Waals surface area (Å²) in [5.74, 6) is 0. The van der Waals surface area contributed by atoms with Gasteiger partial charge in [-0.3, -0.25) is 0 Å². The molecule has 3 aromatic rings. The molecule has 1 N–H and O–H groups in total. The zero-order valence-electron chi connectivity index (χ0n) is 25.9. The fourth-order valence-electron chi connectivity index (χ4n) is 5.82. The molecule has 0 bridgehead atoms. The molecule has 3 rings (SSSR count). The van der Waals surface area contributed by atoms with Gasteiger partial charge in [0.2, 0.25) is 0 Å². The molecule has 0 radical (unpaired) electrons. The van der Waals surface area contributed by atoms with E-state index in [1.807, 2.05) is 42.5 Å². The van der Waals surface area contributed by atoms with Crippen LogP contribution in [0.4, 0.5) is 0 Å². The normalized spacial score (nSPS) is 12.4. The second-order valence-electron chi connectivity index (χ2n) is 11.9. The van der Waals surface area contributed by atoms with Gasteiger partial charge in [-0.2, -0.15) is 0 Å². The van der Waals surface area contributed by atoms with Crippen LogP contribution < -0.4 is 0 Å². The van der Waals surface area contributed by atoms with E-state index in [0.717, 1.165) is 40.8 Å². The van der Waals surface area contributed by atoms with Crippen LogP contribution in [0.2, 0.25) is 5.02 Å². The number of aliphatic hydroxyl groups is 1. The Morgan fingerprint density at radius 2 is 1.20 bits per heavy atom. The molecule has 1 aromatic heterocycles. The first-order chi connectivity index (χ1) is 20.1. The quantitative estimate of drug-likeness (QED) is 0.120. The Bertz CT molecular complexity index is 1080. The molecule has 0 amide bonds. The first-order valence-electron chi connectivity index (χ1n) is 16.7. The lowest BCUT2D eigenvalue weighted by atomic mass is 9.99. The van der Waals surface area contributed by atoms with E-state index < -0.39 is 6.10 Å². The summed E-state index contributed by atoms with van der Waals surface area (Å²) in [5.41, 5.74) is 3.79. The number of aromatic nitrogens is 1. The van der Waals surface area contributed by atoms with Crippen LogP contribution >= 0.6 is 11.6 Å². The first-order valence-corrected chi connectivity index (χ1v) is 17.1. The van der Waals surface area contributed by atoms with Crippen LogP contribution in [0.1, 0.15) is 128 Å². The molecule has 0 aliphatic rings. The molecular weight excluding hydrogens is 524 g/mol. The summed E-state index contributed by atoms with van der Waals surface area (Å²) in [6.45, 7) is 7.36. The maximum atomic E-state index is 11.7. The lowest BCUT2D eigenvalue weighted by molar-refractivity contribution is 0.111. The fraction of sp³-hybridized carbons (Fsp3) is 0.595. The van der Waals surface area contributed by atoms with Crippen molar-refractivity contribution in [2.24, 2.45) is 0 Å². The van der Waals surface area contributed by atoms with Gasteiger partial charge in [-0.25, -0.2) is 4.98 Å². The van der Waals surface area contributed by atoms with E-state index in [9.17, 15) is 5.11 Å². The highest BCUT2D eigenvalue weighted by molar-refractivity contribution is 6.30. The third kappa shape index (κ3) is 12.4. The monoisotopic (exact) mass is 578 g/mol. The molecule has 2 aromatic carbocycles. The molecule has 0 unspecified atom stereocenters. The highest BCUT2D eigenvalue weighted by atomic mass is 35.5. The van der Waals surface area contributed by atoms with Crippen LogP contribution in [0.25, 0.3) is 22.2 Å². The van der Waals surface area contributed by atoms with E-state index >= 15 is 0 Å². The molecule has 0 aliphatic carbocycles. The van der Waals surface area contributed by atoms with Gasteiger partial charge in [0, 0.05) is 22.5 Å². The van der Waals surface area contributed by atoms with Gasteiger partial charge >= 0.3 is 0 Å². The largest absolute Gasteiger partial charge is 0.387 e. The Balaban J connectivity index is 1.64. The van der Waals surface area contributed by atoms with Crippen LogP contribution in [0.15, 0.2) is 54.6 Å². The van der Waals surface area contributed by atoms with Gasteiger partial charge in [-0.05, 0) is 55.8 Å². The fourth-order valence-corrected chi connectivity index (χ4v) is 5.95. The minimum Gasteiger partial charge on any atom is -0.387 e. The molecule has 0 spiro atoms. The predicted octanol–water partition coefficient (Wildman–Crippen LogP) is 11.2. The smallest absolute Gasteiger partial charge is 0.0924 e. The number of fused-ring (bicyclic) bond motifs is 1. The molecule has 3 nitrogen and oxygen atoms in total. The van der Waals surface area contributed by atoms with Crippen molar-refractivity contribution in [3.8, 4) is 11.3 Å². The van der Waals surface area contributed by atoms with Crippen LogP contribution in [-0.4, -0.2) is 34.6 Å². The van der Waals surface area contributed by atoms with Crippen LogP contribution in [0.3, 0.4) is 0 Å². The number of aliphatic hydroxyl groups excluding tert-OH is 1. The number of para-hydroxylation sites is 1. The van der Waals surface area contributed by atoms with Crippen molar-refractivity contribution < 1.29 is 5.11 Å². The van der Waals surface area contributed by atoms with Crippen molar-refractivity contribution in [2.75, 3.05) is 19.6 Å². The lowest BCUT2D eigenvalue weighted by Crippen LogP contribution is -2.31. The average Bonchev–Trinajstić information content (AvgIpc) is 2.99. The molecule has 226 valence electrons. The molecular formula is C37H55ClN2O. The Morgan fingerprint density at radius 3 is 1.76 bits per heavy atom. The molecule has 0 fully saturated rings. The number of unbranched alkanes of at least 4 members (excludes halogenated alkanes) is 14. The zero-order valence-corrected chi connectivity index (χ0v) is 26.7. The molecule has 0 aliphatic heterocycles. The van der Waals surface area contributed by atoms with Crippen molar-refractivity contribution in [3.63, 3.8) is 0 Å².